The van der Waals surface area contributed by atoms with Gasteiger partial charge in [-0.3, -0.25) is 0 Å². The Morgan fingerprint density at radius 1 is 0.647 bits per heavy atom. The monoisotopic (exact) mass is 274 g/mol. The van der Waals surface area contributed by atoms with Gasteiger partial charge in [0, 0.05) is 0 Å². The van der Waals surface area contributed by atoms with Crippen molar-refractivity contribution in [2.45, 2.75) is 12.8 Å². The number of unbranched alkanes of at least 4 members (excludes halogenated alkanes) is 1. The van der Waals surface area contributed by atoms with Gasteiger partial charge in [0.05, 0.1) is 0 Å². The third kappa shape index (κ3) is 4.50. The Hall–Kier alpha value is -2.11. The molecule has 0 saturated carbocycles. The zero-order valence-corrected chi connectivity index (χ0v) is 10.2. The van der Waals surface area contributed by atoms with Crippen LogP contribution in [0.2, 0.25) is 0 Å². The zero-order valence-electron chi connectivity index (χ0n) is 9.07. The molecule has 0 aromatic carbocycles. The summed E-state index contributed by atoms with van der Waals surface area (Å²) >= 11 is -4.78. The third-order valence-corrected chi connectivity index (χ3v) is 3.92. The van der Waals surface area contributed by atoms with E-state index >= 15 is 0 Å². The molecule has 0 aliphatic heterocycles. The summed E-state index contributed by atoms with van der Waals surface area (Å²) in [6, 6.07) is 0. The van der Waals surface area contributed by atoms with E-state index in [1.54, 1.807) is 0 Å². The Morgan fingerprint density at radius 3 is 0.941 bits per heavy atom. The topological polar surface area (TPSA) is 171 Å². The van der Waals surface area contributed by atoms with Gasteiger partial charge in [-0.1, -0.05) is 0 Å². The maximum Gasteiger partial charge on any atom is -0.00768 e. The van der Waals surface area contributed by atoms with Crippen LogP contribution in [0, 0.1) is 51.1 Å². The summed E-state index contributed by atoms with van der Waals surface area (Å²) in [6.07, 6.45) is 2.13. The Bertz CT molecular complexity index is 347. The molecule has 0 saturated heterocycles. The largest absolute Gasteiger partial charge is 0.330 e. The van der Waals surface area contributed by atoms with Crippen molar-refractivity contribution in [3.63, 3.8) is 0 Å². The molecule has 91 valence electrons. The molecular weight excluding hydrogens is 262 g/mol. The van der Waals surface area contributed by atoms with Crippen molar-refractivity contribution in [3.8, 4) is 24.8 Å². The molecule has 0 aliphatic rings. The van der Waals surface area contributed by atoms with E-state index in [1.165, 1.54) is 24.8 Å². The van der Waals surface area contributed by atoms with E-state index in [-0.39, 0.29) is 0 Å². The Kier molecular flexibility index (Phi) is 8.23. The van der Waals surface area contributed by atoms with Gasteiger partial charge in [-0.15, -0.1) is 0 Å². The molecule has 0 bridgehead atoms. The molecule has 7 nitrogen and oxygen atoms in total. The second kappa shape index (κ2) is 8.09. The van der Waals surface area contributed by atoms with Gasteiger partial charge in [0.15, 0.2) is 0 Å². The molecular formula is C9H12FeN7. The predicted octanol–water partition coefficient (Wildman–Crippen LogP) is -0.235. The standard InChI is InChI=1S/C4H12N2.5CN.Fe/c5-3-1-2-4-6;5*1-2;/h1-6H2;;;;;;. The second-order valence-electron chi connectivity index (χ2n) is 2.56. The first-order valence-corrected chi connectivity index (χ1v) is 7.08. The SMILES string of the molecule is N#[C][Fe]([C]#N)([C]#N)([C]#N)[C]#N.NCCCCN. The van der Waals surface area contributed by atoms with E-state index in [9.17, 15) is 0 Å². The number of rotatable bonds is 3. The van der Waals surface area contributed by atoms with Crippen molar-refractivity contribution in [1.29, 1.82) is 26.3 Å². The molecule has 0 rings (SSSR count). The average Bonchev–Trinajstić information content (AvgIpc) is 2.42. The fraction of sp³-hybridized carbons (Fsp3) is 0.444. The maximum atomic E-state index is 8.35. The Balaban J connectivity index is 0. The summed E-state index contributed by atoms with van der Waals surface area (Å²) in [4.78, 5) is 6.12. The molecule has 0 radical (unpaired) electrons. The third-order valence-electron chi connectivity index (χ3n) is 1.45. The minimum atomic E-state index is -4.78. The van der Waals surface area contributed by atoms with Gasteiger partial charge in [0.25, 0.3) is 0 Å². The van der Waals surface area contributed by atoms with E-state index < -0.39 is 11.8 Å². The molecule has 0 aromatic heterocycles. The second-order valence-corrected chi connectivity index (χ2v) is 6.56. The molecule has 0 fully saturated rings. The molecule has 0 atom stereocenters. The van der Waals surface area contributed by atoms with Gasteiger partial charge in [-0.05, 0) is 25.9 Å². The summed E-state index contributed by atoms with van der Waals surface area (Å²) in [6.45, 7) is 1.55. The van der Waals surface area contributed by atoms with Gasteiger partial charge >= 0.3 is 62.9 Å². The van der Waals surface area contributed by atoms with Crippen LogP contribution in [0.15, 0.2) is 0 Å². The maximum absolute atomic E-state index is 8.35. The van der Waals surface area contributed by atoms with E-state index in [4.69, 9.17) is 37.8 Å². The quantitative estimate of drug-likeness (QED) is 0.528. The summed E-state index contributed by atoms with van der Waals surface area (Å²) in [5.41, 5.74) is 10.3. The summed E-state index contributed by atoms with van der Waals surface area (Å²) in [5, 5.41) is 41.8. The van der Waals surface area contributed by atoms with Gasteiger partial charge in [-0.2, -0.15) is 0 Å². The molecule has 0 spiro atoms. The number of nitrogens with two attached hydrogens (primary N) is 2. The van der Waals surface area contributed by atoms with Crippen LogP contribution >= 0.6 is 0 Å². The fourth-order valence-corrected chi connectivity index (χ4v) is 1.02. The summed E-state index contributed by atoms with van der Waals surface area (Å²) < 4.78 is 0. The smallest absolute Gasteiger partial charge is 0.00768 e. The van der Waals surface area contributed by atoms with Gasteiger partial charge < -0.3 is 11.5 Å². The van der Waals surface area contributed by atoms with Crippen LogP contribution < -0.4 is 11.5 Å². The van der Waals surface area contributed by atoms with Gasteiger partial charge in [0.2, 0.25) is 0 Å². The van der Waals surface area contributed by atoms with Crippen LogP contribution in [-0.2, 0) is 11.8 Å². The van der Waals surface area contributed by atoms with Crippen molar-refractivity contribution in [2.75, 3.05) is 13.1 Å². The zero-order chi connectivity index (χ0) is 13.8. The van der Waals surface area contributed by atoms with Crippen LogP contribution in [-0.4, -0.2) is 13.1 Å². The van der Waals surface area contributed by atoms with E-state index in [1.807, 2.05) is 0 Å². The Morgan fingerprint density at radius 2 is 0.882 bits per heavy atom. The Labute approximate surface area is 101 Å². The number of nitrogens with zero attached hydrogens (tertiary/aromatic N) is 5. The van der Waals surface area contributed by atoms with Crippen molar-refractivity contribution < 1.29 is 11.8 Å². The van der Waals surface area contributed by atoms with Crippen LogP contribution in [0.1, 0.15) is 12.8 Å². The normalized spacial score (nSPS) is 10.5. The van der Waals surface area contributed by atoms with E-state index in [2.05, 4.69) is 0 Å². The van der Waals surface area contributed by atoms with E-state index in [0.29, 0.717) is 0 Å². The molecule has 4 N–H and O–H groups in total. The molecule has 0 unspecified atom stereocenters. The number of hydrogen-bond donors (Lipinski definition) is 2. The van der Waals surface area contributed by atoms with Crippen molar-refractivity contribution >= 4 is 0 Å². The van der Waals surface area contributed by atoms with Crippen LogP contribution in [0.4, 0.5) is 0 Å². The first kappa shape index (κ1) is 17.3. The fourth-order valence-electron chi connectivity index (χ4n) is 0.465. The van der Waals surface area contributed by atoms with Crippen molar-refractivity contribution in [3.05, 3.63) is 0 Å². The molecule has 17 heavy (non-hydrogen) atoms. The number of hydrogen-bond acceptors (Lipinski definition) is 7. The first-order valence-electron chi connectivity index (χ1n) is 4.32. The van der Waals surface area contributed by atoms with Crippen LogP contribution in [0.3, 0.4) is 0 Å². The van der Waals surface area contributed by atoms with Crippen LogP contribution in [0.25, 0.3) is 0 Å². The minimum Gasteiger partial charge on any atom is -0.330 e. The summed E-state index contributed by atoms with van der Waals surface area (Å²) in [5.74, 6) is 0. The van der Waals surface area contributed by atoms with Gasteiger partial charge in [0.1, 0.15) is 0 Å². The molecule has 0 aromatic rings. The average molecular weight is 274 g/mol. The minimum absolute atomic E-state index is 0.775. The number of nitriles is 5. The first-order chi connectivity index (χ1) is 8.03. The van der Waals surface area contributed by atoms with Crippen LogP contribution in [0.5, 0.6) is 0 Å². The molecule has 0 heterocycles. The predicted molar refractivity (Wildman–Crippen MR) is 55.4 cm³/mol. The molecule has 8 heteroatoms. The van der Waals surface area contributed by atoms with E-state index in [0.717, 1.165) is 25.9 Å². The van der Waals surface area contributed by atoms with Crippen molar-refractivity contribution in [1.82, 2.24) is 0 Å². The molecule has 0 aliphatic carbocycles. The van der Waals surface area contributed by atoms with Gasteiger partial charge in [-0.25, -0.2) is 0 Å². The molecule has 0 amide bonds. The van der Waals surface area contributed by atoms with Crippen molar-refractivity contribution in [2.24, 2.45) is 11.5 Å². The summed E-state index contributed by atoms with van der Waals surface area (Å²) in [7, 11) is 0.